The van der Waals surface area contributed by atoms with E-state index in [1.165, 1.54) is 0 Å². The highest BCUT2D eigenvalue weighted by Crippen LogP contribution is 2.17. The van der Waals surface area contributed by atoms with Gasteiger partial charge in [0.05, 0.1) is 0 Å². The predicted octanol–water partition coefficient (Wildman–Crippen LogP) is 3.18. The fourth-order valence-electron chi connectivity index (χ4n) is 2.04. The van der Waals surface area contributed by atoms with Gasteiger partial charge in [-0.15, -0.1) is 0 Å². The molecule has 0 aliphatic rings. The smallest absolute Gasteiger partial charge is 0.367 e. The highest BCUT2D eigenvalue weighted by atomic mass is 17.2. The Morgan fingerprint density at radius 3 is 1.86 bits per heavy atom. The van der Waals surface area contributed by atoms with Gasteiger partial charge in [0.15, 0.2) is 0 Å². The van der Waals surface area contributed by atoms with Gasteiger partial charge in [-0.2, -0.15) is 4.89 Å². The molecule has 0 saturated heterocycles. The Labute approximate surface area is 133 Å². The zero-order valence-corrected chi connectivity index (χ0v) is 14.7. The van der Waals surface area contributed by atoms with E-state index in [0.29, 0.717) is 0 Å². The SMILES string of the molecule is CCCC(C)(C)OOC(=O)COCC(=O)OC(C)(C)CCC. The standard InChI is InChI=1S/C16H30O6/c1-7-9-15(3,4)20-13(17)11-19-12-14(18)21-22-16(5,6)10-8-2/h7-12H2,1-6H3. The Kier molecular flexibility index (Phi) is 9.28. The number of carbonyl (C=O) groups excluding carboxylic acids is 2. The summed E-state index contributed by atoms with van der Waals surface area (Å²) in [6.45, 7) is 10.7. The van der Waals surface area contributed by atoms with Crippen LogP contribution in [0.25, 0.3) is 0 Å². The molecule has 22 heavy (non-hydrogen) atoms. The number of carbonyl (C=O) groups is 2. The molecule has 0 bridgehead atoms. The lowest BCUT2D eigenvalue weighted by atomic mass is 10.0. The third-order valence-electron chi connectivity index (χ3n) is 2.89. The van der Waals surface area contributed by atoms with Gasteiger partial charge in [-0.1, -0.05) is 26.7 Å². The lowest BCUT2D eigenvalue weighted by molar-refractivity contribution is -0.327. The molecule has 0 aromatic carbocycles. The van der Waals surface area contributed by atoms with E-state index in [-0.39, 0.29) is 13.2 Å². The van der Waals surface area contributed by atoms with Crippen molar-refractivity contribution in [3.8, 4) is 0 Å². The molecule has 0 spiro atoms. The first-order valence-corrected chi connectivity index (χ1v) is 7.80. The fourth-order valence-corrected chi connectivity index (χ4v) is 2.04. The molecule has 0 unspecified atom stereocenters. The van der Waals surface area contributed by atoms with Gasteiger partial charge >= 0.3 is 11.9 Å². The van der Waals surface area contributed by atoms with Crippen molar-refractivity contribution in [1.82, 2.24) is 0 Å². The first-order valence-electron chi connectivity index (χ1n) is 7.80. The zero-order valence-electron chi connectivity index (χ0n) is 14.7. The summed E-state index contributed by atoms with van der Waals surface area (Å²) < 4.78 is 10.2. The Bertz CT molecular complexity index is 349. The second-order valence-corrected chi connectivity index (χ2v) is 6.52. The quantitative estimate of drug-likeness (QED) is 0.331. The van der Waals surface area contributed by atoms with Crippen molar-refractivity contribution in [1.29, 1.82) is 0 Å². The van der Waals surface area contributed by atoms with Crippen molar-refractivity contribution in [3.05, 3.63) is 0 Å². The monoisotopic (exact) mass is 318 g/mol. The van der Waals surface area contributed by atoms with Crippen LogP contribution in [-0.4, -0.2) is 36.4 Å². The van der Waals surface area contributed by atoms with E-state index in [4.69, 9.17) is 14.4 Å². The normalized spacial score (nSPS) is 12.1. The van der Waals surface area contributed by atoms with Crippen molar-refractivity contribution in [3.63, 3.8) is 0 Å². The van der Waals surface area contributed by atoms with Crippen molar-refractivity contribution < 1.29 is 28.8 Å². The van der Waals surface area contributed by atoms with E-state index >= 15 is 0 Å². The minimum absolute atomic E-state index is 0.291. The highest BCUT2D eigenvalue weighted by molar-refractivity contribution is 5.73. The Morgan fingerprint density at radius 1 is 0.818 bits per heavy atom. The Balaban J connectivity index is 3.91. The number of esters is 1. The Hall–Kier alpha value is -1.14. The maximum atomic E-state index is 11.6. The summed E-state index contributed by atoms with van der Waals surface area (Å²) in [4.78, 5) is 32.7. The van der Waals surface area contributed by atoms with Gasteiger partial charge in [-0.3, -0.25) is 4.89 Å². The molecule has 130 valence electrons. The largest absolute Gasteiger partial charge is 0.458 e. The second kappa shape index (κ2) is 9.79. The maximum absolute atomic E-state index is 11.6. The Morgan fingerprint density at radius 2 is 1.32 bits per heavy atom. The van der Waals surface area contributed by atoms with Crippen LogP contribution in [0.15, 0.2) is 0 Å². The number of ether oxygens (including phenoxy) is 2. The minimum atomic E-state index is -0.676. The van der Waals surface area contributed by atoms with Crippen LogP contribution in [0.2, 0.25) is 0 Å². The fraction of sp³-hybridized carbons (Fsp3) is 0.875. The number of hydrogen-bond acceptors (Lipinski definition) is 6. The molecule has 0 rings (SSSR count). The summed E-state index contributed by atoms with van der Waals surface area (Å²) in [5.41, 5.74) is -1.06. The van der Waals surface area contributed by atoms with Crippen LogP contribution >= 0.6 is 0 Å². The molecule has 0 heterocycles. The number of rotatable bonds is 11. The lowest BCUT2D eigenvalue weighted by Crippen LogP contribution is -2.31. The minimum Gasteiger partial charge on any atom is -0.458 e. The molecule has 0 aromatic rings. The van der Waals surface area contributed by atoms with E-state index in [9.17, 15) is 9.59 Å². The van der Waals surface area contributed by atoms with Crippen LogP contribution in [0, 0.1) is 0 Å². The van der Waals surface area contributed by atoms with Crippen LogP contribution < -0.4 is 0 Å². The topological polar surface area (TPSA) is 71.1 Å². The van der Waals surface area contributed by atoms with Gasteiger partial charge in [0.1, 0.15) is 24.4 Å². The van der Waals surface area contributed by atoms with Crippen molar-refractivity contribution in [2.75, 3.05) is 13.2 Å². The first-order chi connectivity index (χ1) is 10.1. The third kappa shape index (κ3) is 10.6. The molecule has 0 amide bonds. The molecule has 0 aromatic heterocycles. The summed E-state index contributed by atoms with van der Waals surface area (Å²) >= 11 is 0. The van der Waals surface area contributed by atoms with Gasteiger partial charge in [0, 0.05) is 0 Å². The lowest BCUT2D eigenvalue weighted by Gasteiger charge is -2.24. The molecule has 0 aliphatic carbocycles. The zero-order chi connectivity index (χ0) is 17.2. The van der Waals surface area contributed by atoms with E-state index in [0.717, 1.165) is 25.7 Å². The van der Waals surface area contributed by atoms with Crippen LogP contribution in [0.1, 0.15) is 67.2 Å². The second-order valence-electron chi connectivity index (χ2n) is 6.52. The summed E-state index contributed by atoms with van der Waals surface area (Å²) in [5, 5.41) is 0. The summed E-state index contributed by atoms with van der Waals surface area (Å²) in [6, 6.07) is 0. The van der Waals surface area contributed by atoms with Crippen molar-refractivity contribution >= 4 is 11.9 Å². The number of hydrogen-bond donors (Lipinski definition) is 0. The average molecular weight is 318 g/mol. The molecule has 6 nitrogen and oxygen atoms in total. The molecule has 6 heteroatoms. The van der Waals surface area contributed by atoms with Crippen molar-refractivity contribution in [2.45, 2.75) is 78.4 Å². The molecule has 0 N–H and O–H groups in total. The van der Waals surface area contributed by atoms with E-state index < -0.39 is 23.1 Å². The van der Waals surface area contributed by atoms with Crippen LogP contribution in [0.3, 0.4) is 0 Å². The molecule has 0 saturated carbocycles. The van der Waals surface area contributed by atoms with Crippen LogP contribution in [-0.2, 0) is 28.8 Å². The van der Waals surface area contributed by atoms with E-state index in [1.54, 1.807) is 0 Å². The van der Waals surface area contributed by atoms with Crippen molar-refractivity contribution in [2.24, 2.45) is 0 Å². The van der Waals surface area contributed by atoms with E-state index in [1.807, 2.05) is 41.5 Å². The highest BCUT2D eigenvalue weighted by Gasteiger charge is 2.23. The van der Waals surface area contributed by atoms with Gasteiger partial charge in [-0.05, 0) is 40.5 Å². The van der Waals surface area contributed by atoms with Crippen LogP contribution in [0.4, 0.5) is 0 Å². The summed E-state index contributed by atoms with van der Waals surface area (Å²) in [5.74, 6) is -1.18. The van der Waals surface area contributed by atoms with Gasteiger partial charge < -0.3 is 9.47 Å². The van der Waals surface area contributed by atoms with E-state index in [2.05, 4.69) is 4.89 Å². The summed E-state index contributed by atoms with van der Waals surface area (Å²) in [7, 11) is 0. The molecule has 0 atom stereocenters. The summed E-state index contributed by atoms with van der Waals surface area (Å²) in [6.07, 6.45) is 3.36. The van der Waals surface area contributed by atoms with Gasteiger partial charge in [0.2, 0.25) is 0 Å². The molecule has 0 aliphatic heterocycles. The first kappa shape index (κ1) is 20.9. The maximum Gasteiger partial charge on any atom is 0.367 e. The van der Waals surface area contributed by atoms with Gasteiger partial charge in [0.25, 0.3) is 0 Å². The molecular formula is C16H30O6. The predicted molar refractivity (Wildman–Crippen MR) is 82.1 cm³/mol. The average Bonchev–Trinajstić information content (AvgIpc) is 2.35. The third-order valence-corrected chi connectivity index (χ3v) is 2.89. The molecule has 0 radical (unpaired) electrons. The van der Waals surface area contributed by atoms with Gasteiger partial charge in [-0.25, -0.2) is 9.59 Å². The molecular weight excluding hydrogens is 288 g/mol. The van der Waals surface area contributed by atoms with Crippen LogP contribution in [0.5, 0.6) is 0 Å². The molecule has 0 fully saturated rings.